The van der Waals surface area contributed by atoms with Crippen molar-refractivity contribution >= 4 is 17.9 Å². The molecule has 2 amide bonds. The van der Waals surface area contributed by atoms with Crippen LogP contribution in [0.15, 0.2) is 42.6 Å². The van der Waals surface area contributed by atoms with Gasteiger partial charge in [0.05, 0.1) is 19.3 Å². The van der Waals surface area contributed by atoms with Gasteiger partial charge in [0, 0.05) is 50.7 Å². The average molecular weight is 449 g/mol. The molecule has 4 rings (SSSR count). The highest BCUT2D eigenvalue weighted by Gasteiger charge is 2.30. The van der Waals surface area contributed by atoms with Crippen molar-refractivity contribution in [1.82, 2.24) is 20.1 Å². The summed E-state index contributed by atoms with van der Waals surface area (Å²) in [5.74, 6) is 0.0202. The Hall–Kier alpha value is -3.03. The Morgan fingerprint density at radius 2 is 1.94 bits per heavy atom. The maximum absolute atomic E-state index is 13.1. The third-order valence-corrected chi connectivity index (χ3v) is 6.52. The molecule has 7 heteroatoms. The molecule has 174 valence electrons. The lowest BCUT2D eigenvalue weighted by atomic mass is 9.94. The number of hydrogen-bond donors (Lipinski definition) is 1. The molecule has 33 heavy (non-hydrogen) atoms. The molecule has 1 atom stereocenters. The standard InChI is InChI=1S/C26H32N4O3/c1-19-24(17-28-25(31)9-8-21-6-4-3-5-7-21)23-10-11-30(18-22(23)16-27-19)26(32)20(2)29-12-14-33-15-13-29/h3-9,16,20H,10-15,17-18H2,1-2H3,(H,28,31). The van der Waals surface area contributed by atoms with Crippen molar-refractivity contribution in [2.75, 3.05) is 32.8 Å². The summed E-state index contributed by atoms with van der Waals surface area (Å²) in [6, 6.07) is 9.60. The normalized spacial score (nSPS) is 17.6. The summed E-state index contributed by atoms with van der Waals surface area (Å²) in [5.41, 5.74) is 5.24. The van der Waals surface area contributed by atoms with Gasteiger partial charge in [-0.25, -0.2) is 0 Å². The lowest BCUT2D eigenvalue weighted by Gasteiger charge is -2.37. The number of morpholine rings is 1. The van der Waals surface area contributed by atoms with Crippen LogP contribution in [0.1, 0.15) is 34.9 Å². The first-order valence-corrected chi connectivity index (χ1v) is 11.6. The molecule has 1 unspecified atom stereocenters. The Morgan fingerprint density at radius 3 is 2.70 bits per heavy atom. The summed E-state index contributed by atoms with van der Waals surface area (Å²) in [4.78, 5) is 34.2. The van der Waals surface area contributed by atoms with E-state index >= 15 is 0 Å². The number of nitrogens with one attached hydrogen (secondary N) is 1. The minimum atomic E-state index is -0.149. The van der Waals surface area contributed by atoms with Crippen molar-refractivity contribution in [1.29, 1.82) is 0 Å². The van der Waals surface area contributed by atoms with Crippen LogP contribution in [0.25, 0.3) is 6.08 Å². The Morgan fingerprint density at radius 1 is 1.18 bits per heavy atom. The molecule has 0 aliphatic carbocycles. The molecule has 2 aromatic rings. The summed E-state index contributed by atoms with van der Waals surface area (Å²) in [7, 11) is 0. The van der Waals surface area contributed by atoms with Gasteiger partial charge in [-0.3, -0.25) is 19.5 Å². The van der Waals surface area contributed by atoms with Crippen molar-refractivity contribution < 1.29 is 14.3 Å². The van der Waals surface area contributed by atoms with E-state index in [0.29, 0.717) is 32.8 Å². The zero-order chi connectivity index (χ0) is 23.2. The van der Waals surface area contributed by atoms with Gasteiger partial charge >= 0.3 is 0 Å². The van der Waals surface area contributed by atoms with Crippen LogP contribution in [0.5, 0.6) is 0 Å². The predicted octanol–water partition coefficient (Wildman–Crippen LogP) is 2.33. The second-order valence-corrected chi connectivity index (χ2v) is 8.62. The molecule has 0 radical (unpaired) electrons. The van der Waals surface area contributed by atoms with Crippen LogP contribution in [0.4, 0.5) is 0 Å². The van der Waals surface area contributed by atoms with Crippen LogP contribution in [-0.2, 0) is 33.8 Å². The Balaban J connectivity index is 1.39. The SMILES string of the molecule is Cc1ncc2c(c1CNC(=O)C=Cc1ccccc1)CCN(C(=O)C(C)N1CCOCC1)C2. The molecule has 1 N–H and O–H groups in total. The fraction of sp³-hybridized carbons (Fsp3) is 0.423. The zero-order valence-electron chi connectivity index (χ0n) is 19.4. The van der Waals surface area contributed by atoms with E-state index < -0.39 is 0 Å². The molecule has 0 bridgehead atoms. The topological polar surface area (TPSA) is 74.8 Å². The molecular formula is C26H32N4O3. The van der Waals surface area contributed by atoms with Gasteiger partial charge in [-0.2, -0.15) is 0 Å². The third kappa shape index (κ3) is 5.67. The number of hydrogen-bond acceptors (Lipinski definition) is 5. The summed E-state index contributed by atoms with van der Waals surface area (Å²) < 4.78 is 5.41. The number of pyridine rings is 1. The quantitative estimate of drug-likeness (QED) is 0.687. The number of carbonyl (C=O) groups excluding carboxylic acids is 2. The van der Waals surface area contributed by atoms with E-state index in [4.69, 9.17) is 4.74 Å². The van der Waals surface area contributed by atoms with Crippen molar-refractivity contribution in [3.8, 4) is 0 Å². The molecule has 1 fully saturated rings. The maximum atomic E-state index is 13.1. The highest BCUT2D eigenvalue weighted by atomic mass is 16.5. The van der Waals surface area contributed by atoms with Crippen molar-refractivity contribution in [3.05, 3.63) is 70.6 Å². The smallest absolute Gasteiger partial charge is 0.244 e. The van der Waals surface area contributed by atoms with E-state index in [1.54, 1.807) is 12.2 Å². The van der Waals surface area contributed by atoms with E-state index in [1.807, 2.05) is 55.3 Å². The van der Waals surface area contributed by atoms with Crippen LogP contribution in [0.3, 0.4) is 0 Å². The number of benzene rings is 1. The number of rotatable bonds is 6. The van der Waals surface area contributed by atoms with Crippen molar-refractivity contribution in [3.63, 3.8) is 0 Å². The third-order valence-electron chi connectivity index (χ3n) is 6.52. The fourth-order valence-corrected chi connectivity index (χ4v) is 4.50. The number of carbonyl (C=O) groups is 2. The first kappa shape index (κ1) is 23.1. The number of amides is 2. The lowest BCUT2D eigenvalue weighted by molar-refractivity contribution is -0.139. The predicted molar refractivity (Wildman–Crippen MR) is 127 cm³/mol. The molecule has 2 aliphatic rings. The van der Waals surface area contributed by atoms with E-state index in [9.17, 15) is 9.59 Å². The minimum absolute atomic E-state index is 0.136. The van der Waals surface area contributed by atoms with E-state index in [1.165, 1.54) is 5.56 Å². The van der Waals surface area contributed by atoms with Crippen molar-refractivity contribution in [2.24, 2.45) is 0 Å². The highest BCUT2D eigenvalue weighted by molar-refractivity contribution is 5.91. The van der Waals surface area contributed by atoms with Gasteiger partial charge in [0.2, 0.25) is 11.8 Å². The monoisotopic (exact) mass is 448 g/mol. The van der Waals surface area contributed by atoms with Gasteiger partial charge in [-0.1, -0.05) is 30.3 Å². The highest BCUT2D eigenvalue weighted by Crippen LogP contribution is 2.25. The Labute approximate surface area is 195 Å². The summed E-state index contributed by atoms with van der Waals surface area (Å²) in [6.07, 6.45) is 6.01. The number of aromatic nitrogens is 1. The summed E-state index contributed by atoms with van der Waals surface area (Å²) in [5, 5.41) is 2.99. The maximum Gasteiger partial charge on any atom is 0.244 e. The van der Waals surface area contributed by atoms with Crippen molar-refractivity contribution in [2.45, 2.75) is 39.4 Å². The van der Waals surface area contributed by atoms with E-state index in [-0.39, 0.29) is 17.9 Å². The van der Waals surface area contributed by atoms with Gasteiger partial charge in [0.15, 0.2) is 0 Å². The van der Waals surface area contributed by atoms with Gasteiger partial charge < -0.3 is 15.0 Å². The van der Waals surface area contributed by atoms with Crippen LogP contribution >= 0.6 is 0 Å². The Kier molecular flexibility index (Phi) is 7.52. The number of fused-ring (bicyclic) bond motifs is 1. The van der Waals surface area contributed by atoms with Gasteiger partial charge in [-0.05, 0) is 48.6 Å². The second kappa shape index (κ2) is 10.7. The molecule has 2 aliphatic heterocycles. The van der Waals surface area contributed by atoms with Crippen LogP contribution < -0.4 is 5.32 Å². The number of nitrogens with zero attached hydrogens (tertiary/aromatic N) is 3. The van der Waals surface area contributed by atoms with E-state index in [2.05, 4.69) is 15.2 Å². The summed E-state index contributed by atoms with van der Waals surface area (Å²) >= 11 is 0. The molecular weight excluding hydrogens is 416 g/mol. The minimum Gasteiger partial charge on any atom is -0.379 e. The lowest BCUT2D eigenvalue weighted by Crippen LogP contribution is -2.51. The molecule has 0 saturated carbocycles. The molecule has 7 nitrogen and oxygen atoms in total. The Bertz CT molecular complexity index is 1020. The first-order valence-electron chi connectivity index (χ1n) is 11.6. The van der Waals surface area contributed by atoms with Gasteiger partial charge in [0.25, 0.3) is 0 Å². The largest absolute Gasteiger partial charge is 0.379 e. The first-order chi connectivity index (χ1) is 16.0. The van der Waals surface area contributed by atoms with Gasteiger partial charge in [-0.15, -0.1) is 0 Å². The number of aryl methyl sites for hydroxylation is 1. The molecule has 1 saturated heterocycles. The molecule has 1 aromatic carbocycles. The van der Waals surface area contributed by atoms with Crippen LogP contribution in [-0.4, -0.2) is 65.5 Å². The summed E-state index contributed by atoms with van der Waals surface area (Å²) in [6.45, 7) is 8.57. The number of ether oxygens (including phenoxy) is 1. The van der Waals surface area contributed by atoms with E-state index in [0.717, 1.165) is 41.9 Å². The van der Waals surface area contributed by atoms with Gasteiger partial charge in [0.1, 0.15) is 0 Å². The molecule has 0 spiro atoms. The second-order valence-electron chi connectivity index (χ2n) is 8.62. The fourth-order valence-electron chi connectivity index (χ4n) is 4.50. The molecule has 1 aromatic heterocycles. The van der Waals surface area contributed by atoms with Crippen LogP contribution in [0.2, 0.25) is 0 Å². The molecule has 3 heterocycles. The average Bonchev–Trinajstić information content (AvgIpc) is 2.87. The van der Waals surface area contributed by atoms with Crippen LogP contribution in [0, 0.1) is 6.92 Å². The zero-order valence-corrected chi connectivity index (χ0v) is 19.4.